The number of aryl methyl sites for hydroxylation is 1. The molecule has 1 aromatic heterocycles. The van der Waals surface area contributed by atoms with Gasteiger partial charge in [0.25, 0.3) is 10.1 Å². The molecule has 208 valence electrons. The van der Waals surface area contributed by atoms with Crippen LogP contribution in [0.5, 0.6) is 0 Å². The summed E-state index contributed by atoms with van der Waals surface area (Å²) in [6.07, 6.45) is 11.1. The molecule has 0 bridgehead atoms. The molecular weight excluding hydrogens is 556 g/mol. The Bertz CT molecular complexity index is 2270. The number of hydrogen-bond donors (Lipinski definition) is 1. The summed E-state index contributed by atoms with van der Waals surface area (Å²) < 4.78 is 62.9. The summed E-state index contributed by atoms with van der Waals surface area (Å²) in [4.78, 5) is 0.241. The summed E-state index contributed by atoms with van der Waals surface area (Å²) in [6, 6.07) is 18.0. The van der Waals surface area contributed by atoms with Crippen molar-refractivity contribution in [2.24, 2.45) is 0 Å². The number of allylic oxidation sites excluding steroid dienone is 4. The fourth-order valence-electron chi connectivity index (χ4n) is 6.10. The van der Waals surface area contributed by atoms with E-state index in [2.05, 4.69) is 16.1 Å². The Morgan fingerprint density at radius 3 is 2.17 bits per heavy atom. The average Bonchev–Trinajstić information content (AvgIpc) is 3.41. The molecule has 41 heavy (non-hydrogen) atoms. The van der Waals surface area contributed by atoms with E-state index < -0.39 is 20.0 Å². The largest absolute Gasteiger partial charge is 0.341 e. The molecule has 0 spiro atoms. The Labute approximate surface area is 238 Å². The molecule has 0 saturated heterocycles. The van der Waals surface area contributed by atoms with Crippen LogP contribution < -0.4 is 5.35 Å². The smallest absolute Gasteiger partial charge is 0.295 e. The van der Waals surface area contributed by atoms with Crippen LogP contribution >= 0.6 is 0 Å². The van der Waals surface area contributed by atoms with Crippen LogP contribution in [0.25, 0.3) is 38.5 Å². The van der Waals surface area contributed by atoms with Crippen LogP contribution in [-0.4, -0.2) is 49.0 Å². The van der Waals surface area contributed by atoms with Gasteiger partial charge in [-0.1, -0.05) is 48.6 Å². The first-order chi connectivity index (χ1) is 19.6. The van der Waals surface area contributed by atoms with Gasteiger partial charge in [-0.3, -0.25) is 4.55 Å². The van der Waals surface area contributed by atoms with E-state index in [1.54, 1.807) is 24.3 Å². The Hall–Kier alpha value is -4.05. The summed E-state index contributed by atoms with van der Waals surface area (Å²) in [7, 11) is -7.73. The Morgan fingerprint density at radius 1 is 0.805 bits per heavy atom. The van der Waals surface area contributed by atoms with Crippen molar-refractivity contribution in [2.75, 3.05) is 12.8 Å². The summed E-state index contributed by atoms with van der Waals surface area (Å²) in [5, 5.41) is 4.98. The van der Waals surface area contributed by atoms with Gasteiger partial charge >= 0.3 is 0 Å². The molecule has 5 aromatic rings. The zero-order valence-corrected chi connectivity index (χ0v) is 24.5. The topological polar surface area (TPSA) is 96.4 Å². The highest BCUT2D eigenvalue weighted by Crippen LogP contribution is 2.38. The number of hydrogen-bond acceptors (Lipinski definition) is 4. The number of benzene rings is 4. The zero-order chi connectivity index (χ0) is 29.1. The van der Waals surface area contributed by atoms with Crippen molar-refractivity contribution < 1.29 is 26.0 Å². The van der Waals surface area contributed by atoms with Crippen molar-refractivity contribution in [3.05, 3.63) is 95.9 Å². The minimum Gasteiger partial charge on any atom is -0.341 e. The van der Waals surface area contributed by atoms with Gasteiger partial charge in [0, 0.05) is 57.4 Å². The number of aromatic nitrogens is 1. The molecule has 6 rings (SSSR count). The summed E-state index contributed by atoms with van der Waals surface area (Å²) >= 11 is 0. The first kappa shape index (κ1) is 27.1. The number of nitrogens with zero attached hydrogens (tertiary/aromatic N) is 2. The van der Waals surface area contributed by atoms with Crippen molar-refractivity contribution in [1.82, 2.24) is 4.57 Å². The molecular formula is C32H29N2O5S2+. The Morgan fingerprint density at radius 2 is 1.49 bits per heavy atom. The molecule has 0 amide bonds. The van der Waals surface area contributed by atoms with E-state index in [9.17, 15) is 21.4 Å². The highest BCUT2D eigenvalue weighted by molar-refractivity contribution is 7.91. The quantitative estimate of drug-likeness (QED) is 0.157. The molecule has 7 nitrogen and oxygen atoms in total. The molecule has 2 heterocycles. The highest BCUT2D eigenvalue weighted by Gasteiger charge is 2.31. The highest BCUT2D eigenvalue weighted by atomic mass is 32.2. The summed E-state index contributed by atoms with van der Waals surface area (Å²) in [5.74, 6) is 0. The van der Waals surface area contributed by atoms with Gasteiger partial charge in [-0.2, -0.15) is 13.0 Å². The fourth-order valence-corrected chi connectivity index (χ4v) is 7.67. The molecule has 4 aromatic carbocycles. The average molecular weight is 586 g/mol. The third-order valence-electron chi connectivity index (χ3n) is 7.71. The number of rotatable bonds is 7. The monoisotopic (exact) mass is 585 g/mol. The van der Waals surface area contributed by atoms with Crippen LogP contribution in [-0.2, 0) is 26.5 Å². The van der Waals surface area contributed by atoms with E-state index in [-0.39, 0.29) is 4.90 Å². The first-order valence-corrected chi connectivity index (χ1v) is 16.7. The zero-order valence-electron chi connectivity index (χ0n) is 22.9. The SMILES string of the molecule is CCn1c(=CC=CC=CC2=[N+](CC)c3ccc(S(=O)(=O)O)c4cccc2c34)c2cccc3c(S(C)(=O)=O)ccc1c32. The van der Waals surface area contributed by atoms with E-state index >= 15 is 0 Å². The second-order valence-electron chi connectivity index (χ2n) is 10.0. The second kappa shape index (κ2) is 9.80. The normalized spacial score (nSPS) is 14.8. The van der Waals surface area contributed by atoms with Crippen LogP contribution in [0.3, 0.4) is 0 Å². The summed E-state index contributed by atoms with van der Waals surface area (Å²) in [5.41, 5.74) is 3.75. The van der Waals surface area contributed by atoms with Gasteiger partial charge < -0.3 is 4.57 Å². The molecule has 1 aliphatic rings. The molecule has 1 aliphatic heterocycles. The van der Waals surface area contributed by atoms with E-state index in [1.807, 2.05) is 67.6 Å². The summed E-state index contributed by atoms with van der Waals surface area (Å²) in [6.45, 7) is 5.52. The van der Waals surface area contributed by atoms with Crippen molar-refractivity contribution in [3.63, 3.8) is 0 Å². The predicted molar refractivity (Wildman–Crippen MR) is 165 cm³/mol. The molecule has 0 aliphatic carbocycles. The van der Waals surface area contributed by atoms with Gasteiger partial charge in [-0.15, -0.1) is 0 Å². The van der Waals surface area contributed by atoms with Crippen LogP contribution in [0.2, 0.25) is 0 Å². The lowest BCUT2D eigenvalue weighted by atomic mass is 10.0. The molecule has 0 unspecified atom stereocenters. The van der Waals surface area contributed by atoms with Crippen molar-refractivity contribution in [3.8, 4) is 0 Å². The fraction of sp³-hybridized carbons (Fsp3) is 0.156. The van der Waals surface area contributed by atoms with E-state index in [1.165, 1.54) is 12.3 Å². The lowest BCUT2D eigenvalue weighted by Crippen LogP contribution is -2.14. The van der Waals surface area contributed by atoms with Gasteiger partial charge in [0.2, 0.25) is 11.4 Å². The minimum absolute atomic E-state index is 0.0948. The van der Waals surface area contributed by atoms with Gasteiger partial charge in [0.1, 0.15) is 11.4 Å². The van der Waals surface area contributed by atoms with E-state index in [4.69, 9.17) is 0 Å². The van der Waals surface area contributed by atoms with Crippen LogP contribution in [0, 0.1) is 0 Å². The van der Waals surface area contributed by atoms with Crippen molar-refractivity contribution in [2.45, 2.75) is 30.2 Å². The maximum atomic E-state index is 12.4. The van der Waals surface area contributed by atoms with Crippen LogP contribution in [0.1, 0.15) is 19.4 Å². The van der Waals surface area contributed by atoms with Crippen LogP contribution in [0.4, 0.5) is 5.69 Å². The maximum Gasteiger partial charge on any atom is 0.295 e. The first-order valence-electron chi connectivity index (χ1n) is 13.3. The molecule has 0 atom stereocenters. The number of sulfone groups is 1. The standard InChI is InChI=1S/C32H28N2O5S2/c1-4-33-25(21-11-9-13-23-29(40(3,35)36)19-17-27(33)31(21)23)15-7-6-8-16-26-22-12-10-14-24-30(41(37,38)39)20-18-28(32(22)24)34(26)5-2/h6-20H,4-5H2,1-3H3/p+1. The van der Waals surface area contributed by atoms with Gasteiger partial charge in [0.15, 0.2) is 9.84 Å². The van der Waals surface area contributed by atoms with E-state index in [0.29, 0.717) is 16.8 Å². The molecule has 0 radical (unpaired) electrons. The molecule has 9 heteroatoms. The predicted octanol–water partition coefficient (Wildman–Crippen LogP) is 5.40. The second-order valence-corrected chi connectivity index (χ2v) is 13.4. The van der Waals surface area contributed by atoms with Crippen molar-refractivity contribution >= 4 is 69.9 Å². The third kappa shape index (κ3) is 4.32. The molecule has 1 N–H and O–H groups in total. The lowest BCUT2D eigenvalue weighted by molar-refractivity contribution is -0.430. The van der Waals surface area contributed by atoms with Crippen LogP contribution in [0.15, 0.2) is 94.8 Å². The van der Waals surface area contributed by atoms with Gasteiger partial charge in [0.05, 0.1) is 15.8 Å². The molecule has 0 fully saturated rings. The van der Waals surface area contributed by atoms with E-state index in [0.717, 1.165) is 55.9 Å². The van der Waals surface area contributed by atoms with Gasteiger partial charge in [-0.25, -0.2) is 8.42 Å². The Kier molecular flexibility index (Phi) is 6.48. The lowest BCUT2D eigenvalue weighted by Gasteiger charge is -2.06. The Balaban J connectivity index is 1.42. The minimum atomic E-state index is -4.36. The van der Waals surface area contributed by atoms with Gasteiger partial charge in [-0.05, 0) is 44.2 Å². The van der Waals surface area contributed by atoms with Crippen molar-refractivity contribution in [1.29, 1.82) is 0 Å². The molecule has 0 saturated carbocycles. The maximum absolute atomic E-state index is 12.4. The third-order valence-corrected chi connectivity index (χ3v) is 9.78.